The molecule has 9 rings (SSSR count). The summed E-state index contributed by atoms with van der Waals surface area (Å²) in [5.74, 6) is 1.99. The molecule has 6 aromatic carbocycles. The fourth-order valence-corrected chi connectivity index (χ4v) is 9.93. The van der Waals surface area contributed by atoms with E-state index in [1.807, 2.05) is 6.20 Å². The summed E-state index contributed by atoms with van der Waals surface area (Å²) in [6, 6.07) is 51.3. The third kappa shape index (κ3) is 6.69. The van der Waals surface area contributed by atoms with Crippen molar-refractivity contribution < 1.29 is 0 Å². The van der Waals surface area contributed by atoms with Crippen LogP contribution in [-0.4, -0.2) is 15.7 Å². The number of allylic oxidation sites excluding steroid dienone is 1. The van der Waals surface area contributed by atoms with Gasteiger partial charge in [0.05, 0.1) is 22.8 Å². The van der Waals surface area contributed by atoms with Crippen molar-refractivity contribution in [3.05, 3.63) is 203 Å². The molecule has 0 aliphatic carbocycles. The predicted molar refractivity (Wildman–Crippen MR) is 254 cm³/mol. The van der Waals surface area contributed by atoms with E-state index in [-0.39, 0.29) is 12.1 Å². The van der Waals surface area contributed by atoms with Crippen LogP contribution in [0.5, 0.6) is 0 Å². The fourth-order valence-electron chi connectivity index (χ4n) is 9.93. The molecule has 2 aliphatic heterocycles. The molecule has 0 saturated heterocycles. The van der Waals surface area contributed by atoms with Gasteiger partial charge in [-0.3, -0.25) is 4.57 Å². The van der Waals surface area contributed by atoms with Gasteiger partial charge in [0.25, 0.3) is 0 Å². The van der Waals surface area contributed by atoms with Crippen molar-refractivity contribution >= 4 is 22.8 Å². The number of nitrogens with zero attached hydrogens (tertiary/aromatic N) is 4. The van der Waals surface area contributed by atoms with E-state index in [4.69, 9.17) is 11.6 Å². The molecule has 0 N–H and O–H groups in total. The third-order valence-electron chi connectivity index (χ3n) is 12.7. The lowest BCUT2D eigenvalue weighted by molar-refractivity contribution is 0.733. The van der Waals surface area contributed by atoms with E-state index in [9.17, 15) is 0 Å². The minimum absolute atomic E-state index is 0.0325. The Morgan fingerprint density at radius 2 is 1.12 bits per heavy atom. The van der Waals surface area contributed by atoms with Crippen molar-refractivity contribution in [2.24, 2.45) is 0 Å². The second-order valence-electron chi connectivity index (χ2n) is 17.4. The van der Waals surface area contributed by atoms with E-state index in [1.54, 1.807) is 0 Å². The molecular formula is C56H56N4. The molecule has 0 saturated carbocycles. The number of aryl methyl sites for hydroxylation is 1. The number of para-hydroxylation sites is 3. The Balaban J connectivity index is 1.07. The fraction of sp³-hybridized carbons (Fsp3) is 0.232. The van der Waals surface area contributed by atoms with Crippen molar-refractivity contribution in [2.75, 3.05) is 9.80 Å². The van der Waals surface area contributed by atoms with Crippen molar-refractivity contribution in [3.8, 4) is 28.2 Å². The second kappa shape index (κ2) is 16.0. The average molecular weight is 785 g/mol. The molecule has 3 heterocycles. The van der Waals surface area contributed by atoms with Crippen LogP contribution in [0.2, 0.25) is 0 Å². The maximum absolute atomic E-state index is 5.04. The highest BCUT2D eigenvalue weighted by Gasteiger charge is 2.43. The smallest absolute Gasteiger partial charge is 0.144 e. The summed E-state index contributed by atoms with van der Waals surface area (Å²) in [6.45, 7) is 20.9. The summed E-state index contributed by atoms with van der Waals surface area (Å²) in [5.41, 5.74) is 20.2. The summed E-state index contributed by atoms with van der Waals surface area (Å²) < 4.78 is 2.34. The highest BCUT2D eigenvalue weighted by Crippen LogP contribution is 2.54. The summed E-state index contributed by atoms with van der Waals surface area (Å²) >= 11 is 0. The highest BCUT2D eigenvalue weighted by atomic mass is 15.4. The van der Waals surface area contributed by atoms with Crippen molar-refractivity contribution in [1.82, 2.24) is 9.55 Å². The van der Waals surface area contributed by atoms with Gasteiger partial charge in [0, 0.05) is 40.3 Å². The third-order valence-corrected chi connectivity index (χ3v) is 12.7. The first-order chi connectivity index (χ1) is 29.1. The van der Waals surface area contributed by atoms with Gasteiger partial charge in [-0.15, -0.1) is 0 Å². The van der Waals surface area contributed by atoms with E-state index < -0.39 is 0 Å². The van der Waals surface area contributed by atoms with Gasteiger partial charge in [0.1, 0.15) is 12.0 Å². The van der Waals surface area contributed by atoms with Crippen LogP contribution in [0.15, 0.2) is 164 Å². The molecule has 7 aromatic rings. The zero-order valence-electron chi connectivity index (χ0n) is 36.2. The van der Waals surface area contributed by atoms with Crippen molar-refractivity contribution in [1.29, 1.82) is 0 Å². The Bertz CT molecular complexity index is 2740. The van der Waals surface area contributed by atoms with Gasteiger partial charge < -0.3 is 9.80 Å². The number of hydrogen-bond donors (Lipinski definition) is 0. The molecule has 2 atom stereocenters. The monoisotopic (exact) mass is 784 g/mol. The lowest BCUT2D eigenvalue weighted by atomic mass is 9.88. The van der Waals surface area contributed by atoms with Crippen LogP contribution in [0.1, 0.15) is 105 Å². The Morgan fingerprint density at radius 3 is 1.82 bits per heavy atom. The minimum atomic E-state index is 0.0325. The number of aromatic nitrogens is 2. The van der Waals surface area contributed by atoms with Gasteiger partial charge in [-0.25, -0.2) is 4.98 Å². The number of rotatable bonds is 11. The van der Waals surface area contributed by atoms with E-state index >= 15 is 0 Å². The molecule has 2 aliphatic rings. The van der Waals surface area contributed by atoms with Crippen LogP contribution >= 0.6 is 0 Å². The number of imidazole rings is 1. The number of anilines is 2. The zero-order chi connectivity index (χ0) is 41.7. The van der Waals surface area contributed by atoms with Gasteiger partial charge in [-0.05, 0) is 90.0 Å². The number of benzene rings is 6. The van der Waals surface area contributed by atoms with Gasteiger partial charge in [-0.2, -0.15) is 0 Å². The lowest BCUT2D eigenvalue weighted by Gasteiger charge is -2.37. The first kappa shape index (κ1) is 39.1. The summed E-state index contributed by atoms with van der Waals surface area (Å²) in [4.78, 5) is 10.2. The van der Waals surface area contributed by atoms with Crippen LogP contribution < -0.4 is 9.80 Å². The van der Waals surface area contributed by atoms with Crippen molar-refractivity contribution in [3.63, 3.8) is 0 Å². The highest BCUT2D eigenvalue weighted by molar-refractivity contribution is 6.13. The van der Waals surface area contributed by atoms with Crippen LogP contribution in [0.25, 0.3) is 39.6 Å². The van der Waals surface area contributed by atoms with Gasteiger partial charge in [0.15, 0.2) is 0 Å². The molecular weight excluding hydrogens is 729 g/mol. The Kier molecular flexibility index (Phi) is 10.4. The van der Waals surface area contributed by atoms with Gasteiger partial charge >= 0.3 is 0 Å². The van der Waals surface area contributed by atoms with Crippen LogP contribution in [0, 0.1) is 6.92 Å². The first-order valence-electron chi connectivity index (χ1n) is 21.7. The largest absolute Gasteiger partial charge is 0.318 e. The SMILES string of the molecule is C=C(Cc1ccccc1N1C(c2ccccc2C)=C2c3ccccc3-c3ccccc3N2C1C)CC(C)c1ccccc1-c1nccn1-c1c(C(C)C)cccc1C(C)C. The van der Waals surface area contributed by atoms with Crippen LogP contribution in [-0.2, 0) is 6.42 Å². The molecule has 4 heteroatoms. The second-order valence-corrected chi connectivity index (χ2v) is 17.4. The molecule has 1 aromatic heterocycles. The first-order valence-corrected chi connectivity index (χ1v) is 21.7. The molecule has 0 bridgehead atoms. The van der Waals surface area contributed by atoms with Crippen molar-refractivity contribution in [2.45, 2.75) is 85.2 Å². The lowest BCUT2D eigenvalue weighted by Crippen LogP contribution is -2.39. The molecule has 0 amide bonds. The van der Waals surface area contributed by atoms with Gasteiger partial charge in [-0.1, -0.05) is 174 Å². The van der Waals surface area contributed by atoms with Crippen LogP contribution in [0.3, 0.4) is 0 Å². The normalized spacial score (nSPS) is 15.1. The maximum atomic E-state index is 5.04. The molecule has 4 nitrogen and oxygen atoms in total. The van der Waals surface area contributed by atoms with E-state index in [1.165, 1.54) is 89.7 Å². The Labute approximate surface area is 357 Å². The standard InChI is InChI=1S/C56H56N4/c1-36(2)43-28-19-29-44(37(3)4)53(43)58-33-32-57-56(58)50-27-15-12-22-45(50)40(7)34-38(5)35-42-21-10-17-30-51(42)59-41(8)60-52-31-18-16-25-48(52)47-24-13-14-26-49(47)55(60)54(59)46-23-11-9-20-39(46)6/h9-33,36-37,40-41H,5,34-35H2,1-4,6-8H3. The molecule has 2 unspecified atom stereocenters. The quantitative estimate of drug-likeness (QED) is 0.122. The van der Waals surface area contributed by atoms with Crippen LogP contribution in [0.4, 0.5) is 11.4 Å². The predicted octanol–water partition coefficient (Wildman–Crippen LogP) is 14.6. The Morgan fingerprint density at radius 1 is 0.583 bits per heavy atom. The summed E-state index contributed by atoms with van der Waals surface area (Å²) in [5, 5.41) is 0. The maximum Gasteiger partial charge on any atom is 0.144 e. The Hall–Kier alpha value is -6.39. The molecule has 60 heavy (non-hydrogen) atoms. The van der Waals surface area contributed by atoms with E-state index in [0.717, 1.165) is 18.7 Å². The number of hydrogen-bond acceptors (Lipinski definition) is 3. The van der Waals surface area contributed by atoms with Gasteiger partial charge in [0.2, 0.25) is 0 Å². The average Bonchev–Trinajstić information content (AvgIpc) is 3.86. The minimum Gasteiger partial charge on any atom is -0.318 e. The summed E-state index contributed by atoms with van der Waals surface area (Å²) in [7, 11) is 0. The zero-order valence-corrected chi connectivity index (χ0v) is 36.2. The van der Waals surface area contributed by atoms with E-state index in [0.29, 0.717) is 11.8 Å². The molecule has 0 radical (unpaired) electrons. The molecule has 300 valence electrons. The summed E-state index contributed by atoms with van der Waals surface area (Å²) in [6.07, 6.45) is 5.77. The van der Waals surface area contributed by atoms with E-state index in [2.05, 4.69) is 209 Å². The topological polar surface area (TPSA) is 24.3 Å². The molecule has 0 fully saturated rings. The molecule has 0 spiro atoms. The number of fused-ring (bicyclic) bond motifs is 6.